The Labute approximate surface area is 333 Å². The van der Waals surface area contributed by atoms with Crippen LogP contribution in [0.5, 0.6) is 0 Å². The third-order valence-corrected chi connectivity index (χ3v) is 12.7. The van der Waals surface area contributed by atoms with E-state index in [-0.39, 0.29) is 0 Å². The lowest BCUT2D eigenvalue weighted by Gasteiger charge is -2.35. The van der Waals surface area contributed by atoms with Gasteiger partial charge in [-0.25, -0.2) is 0 Å². The van der Waals surface area contributed by atoms with Crippen LogP contribution >= 0.6 is 0 Å². The van der Waals surface area contributed by atoms with E-state index in [1.807, 2.05) is 0 Å². The fourth-order valence-corrected chi connectivity index (χ4v) is 10.4. The molecule has 57 heavy (non-hydrogen) atoms. The highest BCUT2D eigenvalue weighted by Gasteiger charge is 2.53. The summed E-state index contributed by atoms with van der Waals surface area (Å²) in [6, 6.07) is 72.0. The molecule has 268 valence electrons. The second-order valence-corrected chi connectivity index (χ2v) is 15.5. The molecule has 2 heteroatoms. The summed E-state index contributed by atoms with van der Waals surface area (Å²) in [5, 5.41) is 1.34. The molecule has 0 bridgehead atoms. The van der Waals surface area contributed by atoms with Gasteiger partial charge in [0, 0.05) is 33.7 Å². The molecule has 9 aromatic rings. The van der Waals surface area contributed by atoms with Crippen molar-refractivity contribution in [1.29, 1.82) is 0 Å². The fourth-order valence-electron chi connectivity index (χ4n) is 10.4. The summed E-state index contributed by atoms with van der Waals surface area (Å²) in [7, 11) is 0. The highest BCUT2D eigenvalue weighted by atomic mass is 15.1. The van der Waals surface area contributed by atoms with Gasteiger partial charge >= 0.3 is 0 Å². The number of nitrogens with zero attached hydrogens (tertiary/aromatic N) is 2. The number of allylic oxidation sites excluding steroid dienone is 1. The predicted molar refractivity (Wildman–Crippen MR) is 237 cm³/mol. The molecular formula is C55H38N2. The third kappa shape index (κ3) is 4.53. The molecule has 1 spiro atoms. The van der Waals surface area contributed by atoms with Crippen LogP contribution in [0.4, 0.5) is 17.1 Å². The molecule has 0 N–H and O–H groups in total. The number of hydrogen-bond donors (Lipinski definition) is 0. The molecule has 0 unspecified atom stereocenters. The summed E-state index contributed by atoms with van der Waals surface area (Å²) in [4.78, 5) is 2.48. The van der Waals surface area contributed by atoms with Crippen LogP contribution in [0.1, 0.15) is 39.9 Å². The molecule has 0 fully saturated rings. The van der Waals surface area contributed by atoms with Crippen molar-refractivity contribution in [2.45, 2.75) is 18.3 Å². The Balaban J connectivity index is 1.04. The van der Waals surface area contributed by atoms with Crippen molar-refractivity contribution < 1.29 is 0 Å². The first-order chi connectivity index (χ1) is 28.3. The van der Waals surface area contributed by atoms with E-state index in [1.165, 1.54) is 89.2 Å². The zero-order valence-electron chi connectivity index (χ0n) is 31.4. The Hall–Kier alpha value is -7.16. The zero-order chi connectivity index (χ0) is 37.5. The molecular weight excluding hydrogens is 689 g/mol. The minimum absolute atomic E-state index is 0.456. The number of aromatic nitrogens is 1. The van der Waals surface area contributed by atoms with Gasteiger partial charge in [0.2, 0.25) is 0 Å². The standard InChI is InChI=1S/C55H38N2/c1-3-16-39(17-4-1)56(41-33-30-37(31-34-41)38-32-35-52-47(36-38)45-23-10-14-28-51(45)57(52)40-18-5-2-6-19-40)53-29-15-24-46-44-22-9-13-27-50(44)55(54(46)53)48-25-11-7-20-42(48)43-21-8-12-26-49(43)55/h1-9,11-22,24-36H,10,23H2. The lowest BCUT2D eigenvalue weighted by molar-refractivity contribution is 0.793. The molecule has 0 aliphatic heterocycles. The maximum Gasteiger partial charge on any atom is 0.0746 e. The average Bonchev–Trinajstić information content (AvgIpc) is 3.89. The van der Waals surface area contributed by atoms with Gasteiger partial charge in [0.1, 0.15) is 0 Å². The number of rotatable bonds is 5. The molecule has 2 nitrogen and oxygen atoms in total. The first kappa shape index (κ1) is 32.1. The fraction of sp³-hybridized carbons (Fsp3) is 0.0545. The molecule has 3 aliphatic carbocycles. The number of para-hydroxylation sites is 2. The summed E-state index contributed by atoms with van der Waals surface area (Å²) in [6.45, 7) is 0. The lowest BCUT2D eigenvalue weighted by Crippen LogP contribution is -2.28. The highest BCUT2D eigenvalue weighted by Crippen LogP contribution is 2.65. The van der Waals surface area contributed by atoms with Crippen LogP contribution in [0.15, 0.2) is 200 Å². The van der Waals surface area contributed by atoms with Crippen LogP contribution < -0.4 is 4.90 Å². The topological polar surface area (TPSA) is 8.17 Å². The van der Waals surface area contributed by atoms with Gasteiger partial charge in [0.05, 0.1) is 16.6 Å². The van der Waals surface area contributed by atoms with Crippen LogP contribution in [-0.4, -0.2) is 4.57 Å². The number of anilines is 3. The second-order valence-electron chi connectivity index (χ2n) is 15.5. The molecule has 0 atom stereocenters. The predicted octanol–water partition coefficient (Wildman–Crippen LogP) is 14.1. The summed E-state index contributed by atoms with van der Waals surface area (Å²) < 4.78 is 2.43. The first-order valence-corrected chi connectivity index (χ1v) is 20.1. The van der Waals surface area contributed by atoms with Gasteiger partial charge in [0.25, 0.3) is 0 Å². The second kappa shape index (κ2) is 12.4. The molecule has 3 aliphatic rings. The van der Waals surface area contributed by atoms with Crippen molar-refractivity contribution in [3.8, 4) is 39.1 Å². The van der Waals surface area contributed by atoms with Crippen LogP contribution in [0.25, 0.3) is 56.0 Å². The van der Waals surface area contributed by atoms with Crippen molar-refractivity contribution in [2.75, 3.05) is 4.90 Å². The van der Waals surface area contributed by atoms with E-state index in [2.05, 4.69) is 216 Å². The highest BCUT2D eigenvalue weighted by molar-refractivity contribution is 6.00. The smallest absolute Gasteiger partial charge is 0.0746 e. The Morgan fingerprint density at radius 1 is 0.474 bits per heavy atom. The molecule has 0 radical (unpaired) electrons. The van der Waals surface area contributed by atoms with Gasteiger partial charge in [-0.3, -0.25) is 0 Å². The number of benzene rings is 8. The monoisotopic (exact) mass is 726 g/mol. The van der Waals surface area contributed by atoms with Crippen molar-refractivity contribution >= 4 is 34.0 Å². The van der Waals surface area contributed by atoms with Crippen LogP contribution in [-0.2, 0) is 11.8 Å². The number of hydrogen-bond acceptors (Lipinski definition) is 1. The Kier molecular flexibility index (Phi) is 7.00. The van der Waals surface area contributed by atoms with Gasteiger partial charge in [-0.05, 0) is 129 Å². The quantitative estimate of drug-likeness (QED) is 0.171. The average molecular weight is 727 g/mol. The number of fused-ring (bicyclic) bond motifs is 13. The van der Waals surface area contributed by atoms with Gasteiger partial charge in [-0.2, -0.15) is 0 Å². The maximum atomic E-state index is 2.48. The van der Waals surface area contributed by atoms with E-state index in [4.69, 9.17) is 0 Å². The van der Waals surface area contributed by atoms with E-state index >= 15 is 0 Å². The number of aryl methyl sites for hydroxylation is 1. The summed E-state index contributed by atoms with van der Waals surface area (Å²) >= 11 is 0. The summed E-state index contributed by atoms with van der Waals surface area (Å²) in [5.74, 6) is 0. The van der Waals surface area contributed by atoms with Gasteiger partial charge in [-0.1, -0.05) is 146 Å². The molecule has 0 saturated carbocycles. The molecule has 12 rings (SSSR count). The normalized spacial score (nSPS) is 13.9. The van der Waals surface area contributed by atoms with Gasteiger partial charge < -0.3 is 9.47 Å². The van der Waals surface area contributed by atoms with E-state index in [1.54, 1.807) is 0 Å². The van der Waals surface area contributed by atoms with Crippen molar-refractivity contribution in [2.24, 2.45) is 0 Å². The molecule has 0 saturated heterocycles. The first-order valence-electron chi connectivity index (χ1n) is 20.1. The van der Waals surface area contributed by atoms with Crippen molar-refractivity contribution in [3.05, 3.63) is 234 Å². The third-order valence-electron chi connectivity index (χ3n) is 12.7. The van der Waals surface area contributed by atoms with E-state index in [9.17, 15) is 0 Å². The van der Waals surface area contributed by atoms with Gasteiger partial charge in [0.15, 0.2) is 0 Å². The van der Waals surface area contributed by atoms with E-state index < -0.39 is 5.41 Å². The molecule has 8 aromatic carbocycles. The Morgan fingerprint density at radius 2 is 1.04 bits per heavy atom. The zero-order valence-corrected chi connectivity index (χ0v) is 31.4. The van der Waals surface area contributed by atoms with Gasteiger partial charge in [-0.15, -0.1) is 0 Å². The SMILES string of the molecule is C1=Cc2c(c3cc(-c4ccc(N(c5ccccc5)c5cccc6c5C5(c7ccccc7-c7ccccc75)c5ccccc5-6)cc4)ccc3n2-c2ccccc2)CC1. The van der Waals surface area contributed by atoms with E-state index in [0.29, 0.717) is 0 Å². The minimum atomic E-state index is -0.456. The van der Waals surface area contributed by atoms with Crippen molar-refractivity contribution in [1.82, 2.24) is 4.57 Å². The molecule has 1 aromatic heterocycles. The summed E-state index contributed by atoms with van der Waals surface area (Å²) in [5.41, 5.74) is 21.3. The van der Waals surface area contributed by atoms with Crippen LogP contribution in [0, 0.1) is 0 Å². The largest absolute Gasteiger partial charge is 0.310 e. The lowest BCUT2D eigenvalue weighted by atomic mass is 9.70. The van der Waals surface area contributed by atoms with Crippen LogP contribution in [0.3, 0.4) is 0 Å². The molecule has 1 heterocycles. The van der Waals surface area contributed by atoms with E-state index in [0.717, 1.165) is 24.2 Å². The molecule has 0 amide bonds. The summed E-state index contributed by atoms with van der Waals surface area (Å²) in [6.07, 6.45) is 6.75. The minimum Gasteiger partial charge on any atom is -0.310 e. The van der Waals surface area contributed by atoms with Crippen LogP contribution in [0.2, 0.25) is 0 Å². The Bertz CT molecular complexity index is 2990. The Morgan fingerprint density at radius 3 is 1.72 bits per heavy atom. The van der Waals surface area contributed by atoms with Crippen molar-refractivity contribution in [3.63, 3.8) is 0 Å². The maximum absolute atomic E-state index is 2.48.